The molecule has 0 N–H and O–H groups in total. The first-order valence-corrected chi connectivity index (χ1v) is 7.94. The van der Waals surface area contributed by atoms with Crippen LogP contribution in [0.15, 0.2) is 24.9 Å². The minimum absolute atomic E-state index is 0.00847. The van der Waals surface area contributed by atoms with Gasteiger partial charge < -0.3 is 19.1 Å². The highest BCUT2D eigenvalue weighted by molar-refractivity contribution is 5.92. The fourth-order valence-corrected chi connectivity index (χ4v) is 2.94. The maximum absolute atomic E-state index is 12.6. The van der Waals surface area contributed by atoms with Crippen molar-refractivity contribution in [2.24, 2.45) is 7.05 Å². The van der Waals surface area contributed by atoms with Crippen molar-refractivity contribution in [2.45, 2.75) is 18.9 Å². The minimum Gasteiger partial charge on any atom is -0.494 e. The van der Waals surface area contributed by atoms with Crippen LogP contribution in [0, 0.1) is 0 Å². The summed E-state index contributed by atoms with van der Waals surface area (Å²) in [5.74, 6) is 1.36. The van der Waals surface area contributed by atoms with Crippen molar-refractivity contribution in [1.29, 1.82) is 0 Å². The molecule has 0 unspecified atom stereocenters. The lowest BCUT2D eigenvalue weighted by Gasteiger charge is -2.36. The number of hydrogen-bond donors (Lipinski definition) is 0. The van der Waals surface area contributed by atoms with Crippen LogP contribution in [0.4, 0.5) is 5.95 Å². The van der Waals surface area contributed by atoms with E-state index in [1.54, 1.807) is 36.6 Å². The number of ether oxygens (including phenoxy) is 1. The van der Waals surface area contributed by atoms with E-state index in [1.807, 2.05) is 19.0 Å². The van der Waals surface area contributed by atoms with E-state index in [2.05, 4.69) is 19.9 Å². The normalized spacial score (nSPS) is 15.4. The van der Waals surface area contributed by atoms with Crippen LogP contribution in [-0.4, -0.2) is 63.6 Å². The first-order chi connectivity index (χ1) is 11.6. The summed E-state index contributed by atoms with van der Waals surface area (Å²) in [6, 6.07) is 0.210. The second kappa shape index (κ2) is 6.86. The van der Waals surface area contributed by atoms with Gasteiger partial charge in [-0.25, -0.2) is 15.0 Å². The number of imidazole rings is 1. The number of amides is 1. The zero-order chi connectivity index (χ0) is 17.1. The maximum Gasteiger partial charge on any atom is 0.272 e. The fraction of sp³-hybridized carbons (Fsp3) is 0.500. The SMILES string of the molecule is COc1cnc(N2CCC(N(C)C(=O)c3cncn3C)CC2)nc1. The van der Waals surface area contributed by atoms with Crippen LogP contribution in [0.3, 0.4) is 0 Å². The molecule has 128 valence electrons. The van der Waals surface area contributed by atoms with Gasteiger partial charge in [-0.3, -0.25) is 4.79 Å². The Hall–Kier alpha value is -2.64. The number of rotatable bonds is 4. The van der Waals surface area contributed by atoms with Gasteiger partial charge in [-0.15, -0.1) is 0 Å². The number of methoxy groups -OCH3 is 1. The molecule has 24 heavy (non-hydrogen) atoms. The Kier molecular flexibility index (Phi) is 4.64. The van der Waals surface area contributed by atoms with E-state index in [9.17, 15) is 4.79 Å². The highest BCUT2D eigenvalue weighted by Crippen LogP contribution is 2.21. The highest BCUT2D eigenvalue weighted by atomic mass is 16.5. The molecule has 3 rings (SSSR count). The first kappa shape index (κ1) is 16.2. The highest BCUT2D eigenvalue weighted by Gasteiger charge is 2.28. The molecule has 1 fully saturated rings. The molecule has 2 aromatic heterocycles. The van der Waals surface area contributed by atoms with Crippen LogP contribution in [-0.2, 0) is 7.05 Å². The lowest BCUT2D eigenvalue weighted by Crippen LogP contribution is -2.46. The summed E-state index contributed by atoms with van der Waals surface area (Å²) in [6.07, 6.45) is 8.37. The van der Waals surface area contributed by atoms with Crippen LogP contribution in [0.25, 0.3) is 0 Å². The number of hydrogen-bond acceptors (Lipinski definition) is 6. The van der Waals surface area contributed by atoms with E-state index in [1.165, 1.54) is 0 Å². The summed E-state index contributed by atoms with van der Waals surface area (Å²) in [5, 5.41) is 0. The molecule has 1 amide bonds. The first-order valence-electron chi connectivity index (χ1n) is 7.94. The Morgan fingerprint density at radius 1 is 1.25 bits per heavy atom. The molecule has 8 nitrogen and oxygen atoms in total. The summed E-state index contributed by atoms with van der Waals surface area (Å²) in [5.41, 5.74) is 0.610. The van der Waals surface area contributed by atoms with E-state index in [4.69, 9.17) is 4.74 Å². The van der Waals surface area contributed by atoms with Crippen LogP contribution in [0.1, 0.15) is 23.3 Å². The average molecular weight is 330 g/mol. The molecule has 0 aromatic carbocycles. The van der Waals surface area contributed by atoms with Crippen molar-refractivity contribution in [3.63, 3.8) is 0 Å². The number of anilines is 1. The van der Waals surface area contributed by atoms with Gasteiger partial charge in [-0.05, 0) is 12.8 Å². The van der Waals surface area contributed by atoms with Gasteiger partial charge in [0, 0.05) is 33.2 Å². The Morgan fingerprint density at radius 3 is 2.46 bits per heavy atom. The van der Waals surface area contributed by atoms with Crippen molar-refractivity contribution in [3.8, 4) is 5.75 Å². The lowest BCUT2D eigenvalue weighted by molar-refractivity contribution is 0.0699. The van der Waals surface area contributed by atoms with Crippen molar-refractivity contribution in [1.82, 2.24) is 24.4 Å². The molecular weight excluding hydrogens is 308 g/mol. The molecule has 1 aliphatic rings. The molecule has 1 aliphatic heterocycles. The monoisotopic (exact) mass is 330 g/mol. The van der Waals surface area contributed by atoms with Gasteiger partial charge in [0.1, 0.15) is 5.69 Å². The zero-order valence-electron chi connectivity index (χ0n) is 14.2. The van der Waals surface area contributed by atoms with Crippen LogP contribution in [0.2, 0.25) is 0 Å². The van der Waals surface area contributed by atoms with Gasteiger partial charge in [0.05, 0.1) is 32.0 Å². The van der Waals surface area contributed by atoms with Gasteiger partial charge in [-0.2, -0.15) is 0 Å². The van der Waals surface area contributed by atoms with Gasteiger partial charge >= 0.3 is 0 Å². The standard InChI is InChI=1S/C16H22N6O2/c1-20-11-17-10-14(20)15(23)21(2)12-4-6-22(7-5-12)16-18-8-13(24-3)9-19-16/h8-12H,4-7H2,1-3H3. The number of carbonyl (C=O) groups excluding carboxylic acids is 1. The summed E-state index contributed by atoms with van der Waals surface area (Å²) >= 11 is 0. The zero-order valence-corrected chi connectivity index (χ0v) is 14.2. The van der Waals surface area contributed by atoms with Crippen molar-refractivity contribution >= 4 is 11.9 Å². The van der Waals surface area contributed by atoms with E-state index in [-0.39, 0.29) is 11.9 Å². The summed E-state index contributed by atoms with van der Waals surface area (Å²) in [6.45, 7) is 1.64. The molecule has 0 saturated carbocycles. The molecular formula is C16H22N6O2. The molecule has 0 bridgehead atoms. The van der Waals surface area contributed by atoms with Gasteiger partial charge in [0.15, 0.2) is 5.75 Å². The predicted octanol–water partition coefficient (Wildman–Crippen LogP) is 0.960. The third kappa shape index (κ3) is 3.17. The Bertz CT molecular complexity index is 691. The smallest absolute Gasteiger partial charge is 0.272 e. The fourth-order valence-electron chi connectivity index (χ4n) is 2.94. The van der Waals surface area contributed by atoms with Gasteiger partial charge in [0.25, 0.3) is 5.91 Å². The average Bonchev–Trinajstić information content (AvgIpc) is 3.06. The Morgan fingerprint density at radius 2 is 1.92 bits per heavy atom. The maximum atomic E-state index is 12.6. The largest absolute Gasteiger partial charge is 0.494 e. The number of piperidine rings is 1. The summed E-state index contributed by atoms with van der Waals surface area (Å²) in [4.78, 5) is 29.2. The van der Waals surface area contributed by atoms with E-state index < -0.39 is 0 Å². The van der Waals surface area contributed by atoms with Gasteiger partial charge in [0.2, 0.25) is 5.95 Å². The number of aryl methyl sites for hydroxylation is 1. The quantitative estimate of drug-likeness (QED) is 0.831. The van der Waals surface area contributed by atoms with Crippen molar-refractivity contribution in [3.05, 3.63) is 30.6 Å². The molecule has 2 aromatic rings. The number of nitrogens with zero attached hydrogens (tertiary/aromatic N) is 6. The second-order valence-electron chi connectivity index (χ2n) is 5.95. The van der Waals surface area contributed by atoms with Crippen LogP contribution < -0.4 is 9.64 Å². The predicted molar refractivity (Wildman–Crippen MR) is 89.1 cm³/mol. The molecule has 0 aliphatic carbocycles. The topological polar surface area (TPSA) is 76.4 Å². The van der Waals surface area contributed by atoms with E-state index >= 15 is 0 Å². The van der Waals surface area contributed by atoms with Crippen LogP contribution in [0.5, 0.6) is 5.75 Å². The lowest BCUT2D eigenvalue weighted by atomic mass is 10.0. The third-order valence-corrected chi connectivity index (χ3v) is 4.50. The molecule has 3 heterocycles. The Labute approximate surface area is 141 Å². The third-order valence-electron chi connectivity index (χ3n) is 4.50. The van der Waals surface area contributed by atoms with Crippen LogP contribution >= 0.6 is 0 Å². The Balaban J connectivity index is 1.60. The molecule has 8 heteroatoms. The number of carbonyl (C=O) groups is 1. The summed E-state index contributed by atoms with van der Waals surface area (Å²) in [7, 11) is 5.29. The van der Waals surface area contributed by atoms with E-state index in [0.29, 0.717) is 17.4 Å². The molecule has 1 saturated heterocycles. The molecule has 0 radical (unpaired) electrons. The summed E-state index contributed by atoms with van der Waals surface area (Å²) < 4.78 is 6.83. The van der Waals surface area contributed by atoms with Gasteiger partial charge in [-0.1, -0.05) is 0 Å². The minimum atomic E-state index is 0.00847. The molecule has 0 atom stereocenters. The van der Waals surface area contributed by atoms with E-state index in [0.717, 1.165) is 25.9 Å². The van der Waals surface area contributed by atoms with Crippen molar-refractivity contribution < 1.29 is 9.53 Å². The molecule has 0 spiro atoms. The second-order valence-corrected chi connectivity index (χ2v) is 5.95. The number of aromatic nitrogens is 4. The van der Waals surface area contributed by atoms with Crippen molar-refractivity contribution in [2.75, 3.05) is 32.1 Å².